The van der Waals surface area contributed by atoms with E-state index in [-0.39, 0.29) is 24.3 Å². The summed E-state index contributed by atoms with van der Waals surface area (Å²) in [6.45, 7) is 4.97. The van der Waals surface area contributed by atoms with Crippen molar-refractivity contribution in [2.45, 2.75) is 45.0 Å². The molecule has 0 aliphatic carbocycles. The highest BCUT2D eigenvalue weighted by Gasteiger charge is 2.40. The van der Waals surface area contributed by atoms with Gasteiger partial charge in [0, 0.05) is 12.6 Å². The fourth-order valence-electron chi connectivity index (χ4n) is 2.73. The number of carbonyl (C=O) groups excluding carboxylic acids is 1. The summed E-state index contributed by atoms with van der Waals surface area (Å²) >= 11 is 0. The van der Waals surface area contributed by atoms with Crippen LogP contribution in [-0.4, -0.2) is 43.9 Å². The number of H-pyrrole nitrogens is 1. The Balaban J connectivity index is 1.97. The summed E-state index contributed by atoms with van der Waals surface area (Å²) in [4.78, 5) is 28.0. The Labute approximate surface area is 136 Å². The molecule has 0 radical (unpaired) electrons. The number of aromatic amines is 1. The molecule has 2 aromatic rings. The van der Waals surface area contributed by atoms with Gasteiger partial charge in [-0.3, -0.25) is 9.69 Å². The van der Waals surface area contributed by atoms with Gasteiger partial charge in [0.15, 0.2) is 17.2 Å². The van der Waals surface area contributed by atoms with Crippen LogP contribution < -0.4 is 5.56 Å². The lowest BCUT2D eigenvalue weighted by atomic mass is 10.2. The molecule has 1 N–H and O–H groups in total. The SMILES string of the molecule is CC(C)(C)OC(=O)N1CC(F)CC1c1nn2ccc(F)c2c(=O)[nH]1. The molecule has 7 nitrogen and oxygen atoms in total. The lowest BCUT2D eigenvalue weighted by Gasteiger charge is -2.27. The van der Waals surface area contributed by atoms with Crippen molar-refractivity contribution in [3.63, 3.8) is 0 Å². The van der Waals surface area contributed by atoms with Crippen molar-refractivity contribution < 1.29 is 18.3 Å². The molecule has 1 aliphatic heterocycles. The van der Waals surface area contributed by atoms with Crippen LogP contribution in [0.1, 0.15) is 39.1 Å². The number of ether oxygens (including phenoxy) is 1. The summed E-state index contributed by atoms with van der Waals surface area (Å²) in [6.07, 6.45) is -0.667. The number of carbonyl (C=O) groups is 1. The maximum atomic E-state index is 13.9. The molecule has 0 aromatic carbocycles. The van der Waals surface area contributed by atoms with E-state index in [0.29, 0.717) is 0 Å². The molecule has 9 heteroatoms. The van der Waals surface area contributed by atoms with Crippen molar-refractivity contribution in [3.05, 3.63) is 34.3 Å². The maximum Gasteiger partial charge on any atom is 0.411 e. The summed E-state index contributed by atoms with van der Waals surface area (Å²) in [5, 5.41) is 4.11. The molecule has 3 rings (SSSR count). The second-order valence-electron chi connectivity index (χ2n) is 6.78. The number of hydrogen-bond donors (Lipinski definition) is 1. The van der Waals surface area contributed by atoms with Gasteiger partial charge in [0.05, 0.1) is 12.6 Å². The first-order valence-electron chi connectivity index (χ1n) is 7.56. The number of rotatable bonds is 1. The molecule has 130 valence electrons. The number of nitrogens with one attached hydrogen (secondary N) is 1. The van der Waals surface area contributed by atoms with Crippen molar-refractivity contribution >= 4 is 11.6 Å². The molecule has 0 spiro atoms. The van der Waals surface area contributed by atoms with Gasteiger partial charge in [0.1, 0.15) is 11.8 Å². The first-order valence-corrected chi connectivity index (χ1v) is 7.56. The van der Waals surface area contributed by atoms with Crippen molar-refractivity contribution in [1.29, 1.82) is 0 Å². The van der Waals surface area contributed by atoms with E-state index in [9.17, 15) is 18.4 Å². The third-order valence-corrected chi connectivity index (χ3v) is 3.68. The molecular formula is C15H18F2N4O3. The van der Waals surface area contributed by atoms with Crippen LogP contribution in [0.15, 0.2) is 17.1 Å². The van der Waals surface area contributed by atoms with Crippen LogP contribution >= 0.6 is 0 Å². The Morgan fingerprint density at radius 3 is 2.83 bits per heavy atom. The van der Waals surface area contributed by atoms with Crippen molar-refractivity contribution in [3.8, 4) is 0 Å². The van der Waals surface area contributed by atoms with Gasteiger partial charge in [0.2, 0.25) is 0 Å². The van der Waals surface area contributed by atoms with E-state index in [1.54, 1.807) is 20.8 Å². The number of likely N-dealkylation sites (tertiary alicyclic amines) is 1. The van der Waals surface area contributed by atoms with Crippen LogP contribution in [0.5, 0.6) is 0 Å². The molecule has 2 atom stereocenters. The third kappa shape index (κ3) is 2.98. The molecule has 24 heavy (non-hydrogen) atoms. The van der Waals surface area contributed by atoms with Gasteiger partial charge in [-0.05, 0) is 26.8 Å². The Bertz CT molecular complexity index is 839. The van der Waals surface area contributed by atoms with Gasteiger partial charge in [-0.2, -0.15) is 5.10 Å². The van der Waals surface area contributed by atoms with E-state index in [2.05, 4.69) is 10.1 Å². The van der Waals surface area contributed by atoms with Crippen LogP contribution in [0, 0.1) is 5.82 Å². The lowest BCUT2D eigenvalue weighted by molar-refractivity contribution is 0.0209. The maximum absolute atomic E-state index is 13.9. The number of hydrogen-bond acceptors (Lipinski definition) is 4. The van der Waals surface area contributed by atoms with Gasteiger partial charge in [0.25, 0.3) is 5.56 Å². The predicted octanol–water partition coefficient (Wildman–Crippen LogP) is 2.18. The standard InChI is InChI=1S/C15H18F2N4O3/c1-15(2,3)24-14(23)20-7-8(16)6-10(20)12-18-13(22)11-9(17)4-5-21(11)19-12/h4-5,8,10H,6-7H2,1-3H3,(H,18,19,22). The van der Waals surface area contributed by atoms with Crippen molar-refractivity contribution in [2.24, 2.45) is 0 Å². The summed E-state index contributed by atoms with van der Waals surface area (Å²) in [7, 11) is 0. The number of fused-ring (bicyclic) bond motifs is 1. The highest BCUT2D eigenvalue weighted by atomic mass is 19.1. The van der Waals surface area contributed by atoms with Crippen LogP contribution in [0.4, 0.5) is 13.6 Å². The zero-order valence-electron chi connectivity index (χ0n) is 13.5. The molecular weight excluding hydrogens is 322 g/mol. The molecule has 2 unspecified atom stereocenters. The van der Waals surface area contributed by atoms with Gasteiger partial charge < -0.3 is 9.72 Å². The van der Waals surface area contributed by atoms with Gasteiger partial charge >= 0.3 is 6.09 Å². The highest BCUT2D eigenvalue weighted by Crippen LogP contribution is 2.32. The summed E-state index contributed by atoms with van der Waals surface area (Å²) in [5.41, 5.74) is -1.64. The quantitative estimate of drug-likeness (QED) is 0.863. The topological polar surface area (TPSA) is 79.7 Å². The molecule has 0 saturated carbocycles. The Morgan fingerprint density at radius 1 is 1.46 bits per heavy atom. The van der Waals surface area contributed by atoms with E-state index >= 15 is 0 Å². The van der Waals surface area contributed by atoms with Crippen LogP contribution in [0.2, 0.25) is 0 Å². The second kappa shape index (κ2) is 5.57. The minimum Gasteiger partial charge on any atom is -0.444 e. The van der Waals surface area contributed by atoms with E-state index < -0.39 is 35.3 Å². The summed E-state index contributed by atoms with van der Waals surface area (Å²) in [5.74, 6) is -0.608. The number of alkyl halides is 1. The Kier molecular flexibility index (Phi) is 3.81. The van der Waals surface area contributed by atoms with Gasteiger partial charge in [-0.15, -0.1) is 0 Å². The number of nitrogens with zero attached hydrogens (tertiary/aromatic N) is 3. The Morgan fingerprint density at radius 2 is 2.17 bits per heavy atom. The zero-order valence-corrected chi connectivity index (χ0v) is 13.5. The third-order valence-electron chi connectivity index (χ3n) is 3.68. The van der Waals surface area contributed by atoms with E-state index in [1.165, 1.54) is 11.1 Å². The van der Waals surface area contributed by atoms with Crippen LogP contribution in [0.25, 0.3) is 5.52 Å². The van der Waals surface area contributed by atoms with E-state index in [1.807, 2.05) is 0 Å². The average Bonchev–Trinajstić information content (AvgIpc) is 3.01. The molecule has 1 fully saturated rings. The smallest absolute Gasteiger partial charge is 0.411 e. The van der Waals surface area contributed by atoms with Crippen LogP contribution in [-0.2, 0) is 4.74 Å². The normalized spacial score (nSPS) is 21.5. The summed E-state index contributed by atoms with van der Waals surface area (Å²) < 4.78 is 33.8. The highest BCUT2D eigenvalue weighted by molar-refractivity contribution is 5.69. The number of amides is 1. The first kappa shape index (κ1) is 16.4. The molecule has 1 saturated heterocycles. The fourth-order valence-corrected chi connectivity index (χ4v) is 2.73. The molecule has 1 aliphatic rings. The van der Waals surface area contributed by atoms with Crippen molar-refractivity contribution in [2.75, 3.05) is 6.54 Å². The van der Waals surface area contributed by atoms with Gasteiger partial charge in [-0.25, -0.2) is 18.1 Å². The number of halogens is 2. The summed E-state index contributed by atoms with van der Waals surface area (Å²) in [6, 6.07) is 0.331. The molecule has 2 aromatic heterocycles. The van der Waals surface area contributed by atoms with Gasteiger partial charge in [-0.1, -0.05) is 0 Å². The molecule has 3 heterocycles. The minimum absolute atomic E-state index is 0.0164. The Hall–Kier alpha value is -2.45. The van der Waals surface area contributed by atoms with E-state index in [0.717, 1.165) is 10.6 Å². The van der Waals surface area contributed by atoms with E-state index in [4.69, 9.17) is 4.74 Å². The minimum atomic E-state index is -1.26. The van der Waals surface area contributed by atoms with Crippen molar-refractivity contribution in [1.82, 2.24) is 19.5 Å². The molecule has 0 bridgehead atoms. The average molecular weight is 340 g/mol. The zero-order chi connectivity index (χ0) is 17.6. The first-order chi connectivity index (χ1) is 11.2. The monoisotopic (exact) mass is 340 g/mol. The second-order valence-corrected chi connectivity index (χ2v) is 6.78. The molecule has 1 amide bonds. The lowest BCUT2D eigenvalue weighted by Crippen LogP contribution is -2.38. The van der Waals surface area contributed by atoms with Crippen LogP contribution in [0.3, 0.4) is 0 Å². The fraction of sp³-hybridized carbons (Fsp3) is 0.533. The number of aromatic nitrogens is 3. The largest absolute Gasteiger partial charge is 0.444 e. The predicted molar refractivity (Wildman–Crippen MR) is 81.0 cm³/mol.